The molecule has 2 aromatic rings. The molecule has 4 N–H and O–H groups in total. The molecule has 0 aliphatic rings. The van der Waals surface area contributed by atoms with Crippen LogP contribution in [0.25, 0.3) is 0 Å². The number of nitrogens with two attached hydrogens (primary N) is 1. The number of halogens is 2. The van der Waals surface area contributed by atoms with Gasteiger partial charge in [-0.1, -0.05) is 35.3 Å². The van der Waals surface area contributed by atoms with E-state index in [-0.39, 0.29) is 5.57 Å². The van der Waals surface area contributed by atoms with Crippen LogP contribution in [0.1, 0.15) is 0 Å². The van der Waals surface area contributed by atoms with Crippen molar-refractivity contribution in [1.82, 2.24) is 0 Å². The van der Waals surface area contributed by atoms with E-state index in [0.717, 1.165) is 0 Å². The molecule has 0 unspecified atom stereocenters. The van der Waals surface area contributed by atoms with Crippen molar-refractivity contribution in [3.63, 3.8) is 0 Å². The highest BCUT2D eigenvalue weighted by molar-refractivity contribution is 6.34. The molecule has 116 valence electrons. The number of rotatable bonds is 4. The van der Waals surface area contributed by atoms with Gasteiger partial charge in [-0.2, -0.15) is 5.26 Å². The van der Waals surface area contributed by atoms with Crippen LogP contribution >= 0.6 is 23.2 Å². The van der Waals surface area contributed by atoms with Gasteiger partial charge in [0.15, 0.2) is 0 Å². The van der Waals surface area contributed by atoms with Gasteiger partial charge in [-0.3, -0.25) is 4.79 Å². The first-order chi connectivity index (χ1) is 11.0. The highest BCUT2D eigenvalue weighted by Gasteiger charge is 2.11. The second kappa shape index (κ2) is 7.54. The molecule has 0 fully saturated rings. The number of anilines is 3. The molecule has 0 heterocycles. The van der Waals surface area contributed by atoms with E-state index in [2.05, 4.69) is 10.6 Å². The van der Waals surface area contributed by atoms with Crippen molar-refractivity contribution >= 4 is 46.2 Å². The molecule has 23 heavy (non-hydrogen) atoms. The third-order valence-electron chi connectivity index (χ3n) is 2.85. The number of carbonyl (C=O) groups excluding carboxylic acids is 1. The predicted molar refractivity (Wildman–Crippen MR) is 93.3 cm³/mol. The van der Waals surface area contributed by atoms with Gasteiger partial charge in [0.05, 0.1) is 21.4 Å². The summed E-state index contributed by atoms with van der Waals surface area (Å²) in [5.41, 5.74) is 6.94. The van der Waals surface area contributed by atoms with Crippen LogP contribution in [0.5, 0.6) is 0 Å². The van der Waals surface area contributed by atoms with Gasteiger partial charge in [0.25, 0.3) is 5.91 Å². The maximum atomic E-state index is 12.1. The van der Waals surface area contributed by atoms with Crippen molar-refractivity contribution in [3.8, 4) is 6.07 Å². The molecule has 0 radical (unpaired) electrons. The molecule has 0 saturated carbocycles. The number of benzene rings is 2. The van der Waals surface area contributed by atoms with Crippen LogP contribution in [0.3, 0.4) is 0 Å². The summed E-state index contributed by atoms with van der Waals surface area (Å²) in [5, 5.41) is 15.3. The maximum Gasteiger partial charge on any atom is 0.267 e. The molecular weight excluding hydrogens is 335 g/mol. The summed E-state index contributed by atoms with van der Waals surface area (Å²) in [7, 11) is 0. The summed E-state index contributed by atoms with van der Waals surface area (Å²) in [6.07, 6.45) is 1.27. The second-order valence-electron chi connectivity index (χ2n) is 4.49. The van der Waals surface area contributed by atoms with Crippen LogP contribution in [0, 0.1) is 11.3 Å². The summed E-state index contributed by atoms with van der Waals surface area (Å²) in [6, 6.07) is 13.4. The van der Waals surface area contributed by atoms with Crippen LogP contribution in [-0.2, 0) is 4.79 Å². The van der Waals surface area contributed by atoms with E-state index in [1.165, 1.54) is 6.20 Å². The Morgan fingerprint density at radius 1 is 1.13 bits per heavy atom. The Hall–Kier alpha value is -2.68. The lowest BCUT2D eigenvalue weighted by Gasteiger charge is -2.07. The molecule has 0 atom stereocenters. The van der Waals surface area contributed by atoms with Gasteiger partial charge in [-0.05, 0) is 30.3 Å². The van der Waals surface area contributed by atoms with E-state index < -0.39 is 5.91 Å². The van der Waals surface area contributed by atoms with Crippen LogP contribution in [0.2, 0.25) is 10.0 Å². The van der Waals surface area contributed by atoms with Crippen LogP contribution in [0.15, 0.2) is 54.2 Å². The van der Waals surface area contributed by atoms with Gasteiger partial charge in [0.1, 0.15) is 11.6 Å². The number of nitrogens with one attached hydrogen (secondary N) is 2. The third-order valence-corrected chi connectivity index (χ3v) is 3.49. The molecule has 2 aromatic carbocycles. The van der Waals surface area contributed by atoms with Gasteiger partial charge < -0.3 is 16.4 Å². The third kappa shape index (κ3) is 4.39. The minimum absolute atomic E-state index is 0.127. The first kappa shape index (κ1) is 16.7. The van der Waals surface area contributed by atoms with E-state index in [9.17, 15) is 4.79 Å². The zero-order valence-electron chi connectivity index (χ0n) is 11.8. The van der Waals surface area contributed by atoms with Gasteiger partial charge >= 0.3 is 0 Å². The van der Waals surface area contributed by atoms with Gasteiger partial charge in [-0.15, -0.1) is 0 Å². The highest BCUT2D eigenvalue weighted by Crippen LogP contribution is 2.24. The minimum atomic E-state index is -0.584. The summed E-state index contributed by atoms with van der Waals surface area (Å²) in [6.45, 7) is 0. The zero-order valence-corrected chi connectivity index (χ0v) is 13.3. The van der Waals surface area contributed by atoms with Crippen molar-refractivity contribution in [3.05, 3.63) is 64.3 Å². The van der Waals surface area contributed by atoms with E-state index in [1.807, 2.05) is 6.07 Å². The molecule has 0 saturated heterocycles. The number of carbonyl (C=O) groups is 1. The topological polar surface area (TPSA) is 90.9 Å². The number of nitriles is 1. The zero-order chi connectivity index (χ0) is 16.8. The van der Waals surface area contributed by atoms with Gasteiger partial charge in [-0.25, -0.2) is 0 Å². The normalized spacial score (nSPS) is 10.7. The lowest BCUT2D eigenvalue weighted by Crippen LogP contribution is -2.14. The Balaban J connectivity index is 2.14. The van der Waals surface area contributed by atoms with Crippen LogP contribution < -0.4 is 16.4 Å². The van der Waals surface area contributed by atoms with Gasteiger partial charge in [0, 0.05) is 11.9 Å². The first-order valence-corrected chi connectivity index (χ1v) is 7.24. The Bertz CT molecular complexity index is 812. The summed E-state index contributed by atoms with van der Waals surface area (Å²) >= 11 is 12.0. The fraction of sp³-hybridized carbons (Fsp3) is 0. The molecule has 0 bridgehead atoms. The highest BCUT2D eigenvalue weighted by atomic mass is 35.5. The van der Waals surface area contributed by atoms with Crippen molar-refractivity contribution in [1.29, 1.82) is 5.26 Å². The van der Waals surface area contributed by atoms with Crippen LogP contribution in [0.4, 0.5) is 17.1 Å². The Labute approximate surface area is 143 Å². The molecule has 7 heteroatoms. The second-order valence-corrected chi connectivity index (χ2v) is 5.30. The molecule has 0 aromatic heterocycles. The monoisotopic (exact) mass is 346 g/mol. The maximum absolute atomic E-state index is 12.1. The Morgan fingerprint density at radius 2 is 1.87 bits per heavy atom. The number of nitrogen functional groups attached to an aromatic ring is 1. The molecule has 0 aliphatic heterocycles. The molecule has 5 nitrogen and oxygen atoms in total. The number of para-hydroxylation sites is 1. The fourth-order valence-corrected chi connectivity index (χ4v) is 2.13. The molecular formula is C16H12Cl2N4O. The Kier molecular flexibility index (Phi) is 5.47. The predicted octanol–water partition coefficient (Wildman–Crippen LogP) is 4.03. The lowest BCUT2D eigenvalue weighted by atomic mass is 10.2. The quantitative estimate of drug-likeness (QED) is 0.442. The first-order valence-electron chi connectivity index (χ1n) is 6.49. The SMILES string of the molecule is N#C/C(=C/Nc1ccc(N)cc1Cl)C(=O)Nc1ccccc1Cl. The number of amides is 1. The van der Waals surface area contributed by atoms with Crippen LogP contribution in [-0.4, -0.2) is 5.91 Å². The molecule has 0 spiro atoms. The fourth-order valence-electron chi connectivity index (χ4n) is 1.70. The van der Waals surface area contributed by atoms with E-state index in [0.29, 0.717) is 27.1 Å². The van der Waals surface area contributed by atoms with Gasteiger partial charge in [0.2, 0.25) is 0 Å². The van der Waals surface area contributed by atoms with E-state index >= 15 is 0 Å². The standard InChI is InChI=1S/C16H12Cl2N4O/c17-12-3-1-2-4-15(12)22-16(23)10(8-19)9-21-14-6-5-11(20)7-13(14)18/h1-7,9,21H,20H2,(H,22,23)/b10-9-. The number of hydrogen-bond acceptors (Lipinski definition) is 4. The molecule has 0 aliphatic carbocycles. The summed E-state index contributed by atoms with van der Waals surface area (Å²) in [5.74, 6) is -0.584. The average Bonchev–Trinajstić information content (AvgIpc) is 2.52. The Morgan fingerprint density at radius 3 is 2.52 bits per heavy atom. The molecule has 1 amide bonds. The van der Waals surface area contributed by atoms with Crippen molar-refractivity contribution in [2.24, 2.45) is 0 Å². The number of nitrogens with zero attached hydrogens (tertiary/aromatic N) is 1. The van der Waals surface area contributed by atoms with E-state index in [4.69, 9.17) is 34.2 Å². The summed E-state index contributed by atoms with van der Waals surface area (Å²) < 4.78 is 0. The minimum Gasteiger partial charge on any atom is -0.399 e. The summed E-state index contributed by atoms with van der Waals surface area (Å²) in [4.78, 5) is 12.1. The van der Waals surface area contributed by atoms with Crippen molar-refractivity contribution in [2.45, 2.75) is 0 Å². The van der Waals surface area contributed by atoms with Crippen molar-refractivity contribution in [2.75, 3.05) is 16.4 Å². The average molecular weight is 347 g/mol. The lowest BCUT2D eigenvalue weighted by molar-refractivity contribution is -0.112. The largest absolute Gasteiger partial charge is 0.399 e. The number of hydrogen-bond donors (Lipinski definition) is 3. The van der Waals surface area contributed by atoms with Crippen molar-refractivity contribution < 1.29 is 4.79 Å². The molecule has 2 rings (SSSR count). The smallest absolute Gasteiger partial charge is 0.267 e. The van der Waals surface area contributed by atoms with E-state index in [1.54, 1.807) is 42.5 Å².